The summed E-state index contributed by atoms with van der Waals surface area (Å²) in [4.78, 5) is 24.2. The molecule has 0 radical (unpaired) electrons. The Bertz CT molecular complexity index is 965. The van der Waals surface area contributed by atoms with Gasteiger partial charge in [-0.25, -0.2) is 4.79 Å². The van der Waals surface area contributed by atoms with Crippen molar-refractivity contribution in [2.24, 2.45) is 0 Å². The number of hydrogen-bond acceptors (Lipinski definition) is 5. The van der Waals surface area contributed by atoms with E-state index in [1.165, 1.54) is 11.0 Å². The van der Waals surface area contributed by atoms with Crippen LogP contribution in [0.4, 0.5) is 5.69 Å². The van der Waals surface area contributed by atoms with Gasteiger partial charge in [0.15, 0.2) is 5.58 Å². The van der Waals surface area contributed by atoms with Gasteiger partial charge in [-0.2, -0.15) is 5.10 Å². The summed E-state index contributed by atoms with van der Waals surface area (Å²) in [5.74, 6) is -0.862. The van der Waals surface area contributed by atoms with Crippen LogP contribution in [0.3, 0.4) is 0 Å². The van der Waals surface area contributed by atoms with Crippen molar-refractivity contribution in [3.63, 3.8) is 0 Å². The number of fused-ring (bicyclic) bond motifs is 1. The highest BCUT2D eigenvalue weighted by Crippen LogP contribution is 2.16. The lowest BCUT2D eigenvalue weighted by atomic mass is 10.1. The molecule has 26 heavy (non-hydrogen) atoms. The number of para-hydroxylation sites is 2. The van der Waals surface area contributed by atoms with E-state index in [0.29, 0.717) is 23.3 Å². The lowest BCUT2D eigenvalue weighted by Gasteiger charge is -2.22. The molecule has 0 spiro atoms. The van der Waals surface area contributed by atoms with Crippen LogP contribution in [0, 0.1) is 0 Å². The molecule has 3 heterocycles. The normalized spacial score (nSPS) is 17.5. The average Bonchev–Trinajstić information content (AvgIpc) is 3.20. The van der Waals surface area contributed by atoms with Crippen LogP contribution in [0.1, 0.15) is 19.3 Å². The fraction of sp³-hybridized carbons (Fsp3) is 0.389. The van der Waals surface area contributed by atoms with E-state index >= 15 is 0 Å². The highest BCUT2D eigenvalue weighted by molar-refractivity contribution is 5.91. The molecule has 4 rings (SSSR count). The first-order chi connectivity index (χ1) is 12.7. The van der Waals surface area contributed by atoms with E-state index < -0.39 is 5.76 Å². The molecule has 1 aromatic carbocycles. The molecule has 8 nitrogen and oxygen atoms in total. The van der Waals surface area contributed by atoms with Gasteiger partial charge < -0.3 is 14.5 Å². The van der Waals surface area contributed by atoms with Gasteiger partial charge in [-0.1, -0.05) is 12.1 Å². The minimum Gasteiger partial charge on any atom is -0.408 e. The van der Waals surface area contributed by atoms with Gasteiger partial charge in [0, 0.05) is 12.8 Å². The quantitative estimate of drug-likeness (QED) is 0.755. The zero-order valence-electron chi connectivity index (χ0n) is 14.3. The van der Waals surface area contributed by atoms with Crippen LogP contribution in [0.25, 0.3) is 11.1 Å². The Morgan fingerprint density at radius 2 is 2.19 bits per heavy atom. The minimum absolute atomic E-state index is 0.118. The summed E-state index contributed by atoms with van der Waals surface area (Å²) in [5.41, 5.74) is 1.65. The number of nitrogens with one attached hydrogen (secondary N) is 1. The van der Waals surface area contributed by atoms with Gasteiger partial charge in [-0.15, -0.1) is 0 Å². The Kier molecular flexibility index (Phi) is 4.57. The maximum atomic E-state index is 12.3. The molecule has 1 atom stereocenters. The maximum Gasteiger partial charge on any atom is 0.420 e. The molecule has 1 amide bonds. The van der Waals surface area contributed by atoms with E-state index in [9.17, 15) is 9.59 Å². The van der Waals surface area contributed by atoms with Crippen molar-refractivity contribution in [2.45, 2.75) is 38.5 Å². The molecular formula is C18H20N4O4. The van der Waals surface area contributed by atoms with Crippen LogP contribution in [0.2, 0.25) is 0 Å². The van der Waals surface area contributed by atoms with E-state index in [2.05, 4.69) is 10.4 Å². The number of benzene rings is 1. The van der Waals surface area contributed by atoms with Crippen molar-refractivity contribution in [3.8, 4) is 0 Å². The van der Waals surface area contributed by atoms with Crippen LogP contribution in [0.15, 0.2) is 45.9 Å². The van der Waals surface area contributed by atoms with Crippen LogP contribution < -0.4 is 11.1 Å². The molecule has 0 bridgehead atoms. The summed E-state index contributed by atoms with van der Waals surface area (Å²) in [5, 5.41) is 7.03. The summed E-state index contributed by atoms with van der Waals surface area (Å²) in [7, 11) is 0. The first kappa shape index (κ1) is 16.6. The molecule has 1 aliphatic rings. The highest BCUT2D eigenvalue weighted by atomic mass is 16.5. The van der Waals surface area contributed by atoms with E-state index in [1.807, 2.05) is 0 Å². The zero-order chi connectivity index (χ0) is 17.9. The van der Waals surface area contributed by atoms with E-state index in [0.717, 1.165) is 19.4 Å². The van der Waals surface area contributed by atoms with Crippen LogP contribution in [-0.2, 0) is 22.6 Å². The van der Waals surface area contributed by atoms with Crippen LogP contribution in [-0.4, -0.2) is 33.0 Å². The monoisotopic (exact) mass is 356 g/mol. The van der Waals surface area contributed by atoms with Gasteiger partial charge >= 0.3 is 5.76 Å². The molecule has 0 unspecified atom stereocenters. The second-order valence-corrected chi connectivity index (χ2v) is 6.41. The topological polar surface area (TPSA) is 91.3 Å². The predicted octanol–water partition coefficient (Wildman–Crippen LogP) is 2.00. The molecule has 3 aromatic rings. The predicted molar refractivity (Wildman–Crippen MR) is 94.9 cm³/mol. The first-order valence-electron chi connectivity index (χ1n) is 8.71. The third kappa shape index (κ3) is 3.55. The summed E-state index contributed by atoms with van der Waals surface area (Å²) >= 11 is 0. The molecule has 1 N–H and O–H groups in total. The second-order valence-electron chi connectivity index (χ2n) is 6.41. The van der Waals surface area contributed by atoms with Crippen molar-refractivity contribution in [1.29, 1.82) is 0 Å². The fourth-order valence-corrected chi connectivity index (χ4v) is 3.20. The molecule has 136 valence electrons. The average molecular weight is 356 g/mol. The van der Waals surface area contributed by atoms with Crippen LogP contribution in [0.5, 0.6) is 0 Å². The minimum atomic E-state index is -0.550. The summed E-state index contributed by atoms with van der Waals surface area (Å²) < 4.78 is 13.9. The molecule has 0 aliphatic carbocycles. The standard InChI is InChI=1S/C18H20N4O4/c23-17(12-22-15-6-1-2-7-16(15)26-18(22)24)20-13-9-19-21(10-13)11-14-5-3-4-8-25-14/h1-2,6-7,9-10,14H,3-5,8,11-12H2,(H,20,23)/t14-/m1/s1. The zero-order valence-corrected chi connectivity index (χ0v) is 14.3. The van der Waals surface area contributed by atoms with Gasteiger partial charge in [0.2, 0.25) is 5.91 Å². The van der Waals surface area contributed by atoms with Crippen LogP contribution >= 0.6 is 0 Å². The van der Waals surface area contributed by atoms with Gasteiger partial charge in [0.1, 0.15) is 6.54 Å². The Balaban J connectivity index is 1.40. The van der Waals surface area contributed by atoms with Gasteiger partial charge in [0.05, 0.1) is 30.0 Å². The molecule has 8 heteroatoms. The lowest BCUT2D eigenvalue weighted by Crippen LogP contribution is -2.25. The number of carbonyl (C=O) groups excluding carboxylic acids is 1. The lowest BCUT2D eigenvalue weighted by molar-refractivity contribution is -0.116. The Morgan fingerprint density at radius 3 is 3.04 bits per heavy atom. The smallest absolute Gasteiger partial charge is 0.408 e. The maximum absolute atomic E-state index is 12.3. The SMILES string of the molecule is O=C(Cn1c(=O)oc2ccccc21)Nc1cnn(C[C@H]2CCCCO2)c1. The first-order valence-corrected chi connectivity index (χ1v) is 8.71. The number of rotatable bonds is 5. The summed E-state index contributed by atoms with van der Waals surface area (Å²) in [6, 6.07) is 7.02. The van der Waals surface area contributed by atoms with E-state index in [4.69, 9.17) is 9.15 Å². The summed E-state index contributed by atoms with van der Waals surface area (Å²) in [6.07, 6.45) is 6.84. The molecule has 1 saturated heterocycles. The van der Waals surface area contributed by atoms with Gasteiger partial charge in [-0.3, -0.25) is 14.0 Å². The molecule has 2 aromatic heterocycles. The van der Waals surface area contributed by atoms with Crippen molar-refractivity contribution in [1.82, 2.24) is 14.3 Å². The van der Waals surface area contributed by atoms with E-state index in [1.54, 1.807) is 41.3 Å². The number of aromatic nitrogens is 3. The number of amides is 1. The number of anilines is 1. The van der Waals surface area contributed by atoms with Crippen molar-refractivity contribution < 1.29 is 13.9 Å². The number of ether oxygens (including phenoxy) is 1. The molecule has 0 saturated carbocycles. The fourth-order valence-electron chi connectivity index (χ4n) is 3.20. The van der Waals surface area contributed by atoms with E-state index in [-0.39, 0.29) is 18.6 Å². The van der Waals surface area contributed by atoms with Crippen molar-refractivity contribution in [3.05, 3.63) is 47.2 Å². The Labute approximate surface area is 149 Å². The van der Waals surface area contributed by atoms with Gasteiger partial charge in [0.25, 0.3) is 0 Å². The highest BCUT2D eigenvalue weighted by Gasteiger charge is 2.16. The Hall–Kier alpha value is -2.87. The third-order valence-electron chi connectivity index (χ3n) is 4.46. The molecular weight excluding hydrogens is 336 g/mol. The Morgan fingerprint density at radius 1 is 1.31 bits per heavy atom. The largest absolute Gasteiger partial charge is 0.420 e. The van der Waals surface area contributed by atoms with Crippen molar-refractivity contribution >= 4 is 22.7 Å². The molecule has 1 fully saturated rings. The number of hydrogen-bond donors (Lipinski definition) is 1. The number of nitrogens with zero attached hydrogens (tertiary/aromatic N) is 3. The third-order valence-corrected chi connectivity index (χ3v) is 4.46. The number of carbonyl (C=O) groups is 1. The number of oxazole rings is 1. The summed E-state index contributed by atoms with van der Waals surface area (Å²) in [6.45, 7) is 1.34. The van der Waals surface area contributed by atoms with Crippen molar-refractivity contribution in [2.75, 3.05) is 11.9 Å². The molecule has 1 aliphatic heterocycles. The second kappa shape index (κ2) is 7.17. The van der Waals surface area contributed by atoms with Gasteiger partial charge in [-0.05, 0) is 31.4 Å².